The number of fused-ring (bicyclic) bond motifs is 1. The fraction of sp³-hybridized carbons (Fsp3) is 0.0417. The Morgan fingerprint density at radius 3 is 2.50 bits per heavy atom. The molecule has 170 valence electrons. The van der Waals surface area contributed by atoms with Crippen molar-refractivity contribution < 1.29 is 9.72 Å². The Kier molecular flexibility index (Phi) is 6.79. The summed E-state index contributed by atoms with van der Waals surface area (Å²) in [4.78, 5) is 28.3. The van der Waals surface area contributed by atoms with Crippen molar-refractivity contribution >= 4 is 63.0 Å². The summed E-state index contributed by atoms with van der Waals surface area (Å²) < 4.78 is 0. The van der Waals surface area contributed by atoms with E-state index in [-0.39, 0.29) is 10.7 Å². The first-order chi connectivity index (χ1) is 16.2. The van der Waals surface area contributed by atoms with Gasteiger partial charge in [-0.15, -0.1) is 0 Å². The molecule has 4 rings (SSSR count). The molecule has 0 saturated heterocycles. The summed E-state index contributed by atoms with van der Waals surface area (Å²) in [7, 11) is 0. The highest BCUT2D eigenvalue weighted by Crippen LogP contribution is 2.32. The minimum Gasteiger partial charge on any atom is -0.267 e. The van der Waals surface area contributed by atoms with Crippen LogP contribution in [0.15, 0.2) is 71.8 Å². The number of benzene rings is 3. The van der Waals surface area contributed by atoms with E-state index in [0.29, 0.717) is 49.0 Å². The number of halogens is 3. The summed E-state index contributed by atoms with van der Waals surface area (Å²) in [6.07, 6.45) is 0. The van der Waals surface area contributed by atoms with E-state index < -0.39 is 10.8 Å². The van der Waals surface area contributed by atoms with Gasteiger partial charge in [-0.2, -0.15) is 5.10 Å². The van der Waals surface area contributed by atoms with Crippen molar-refractivity contribution in [1.82, 2.24) is 10.4 Å². The third-order valence-corrected chi connectivity index (χ3v) is 5.92. The highest BCUT2D eigenvalue weighted by atomic mass is 35.5. The Bertz CT molecular complexity index is 1490. The van der Waals surface area contributed by atoms with Crippen LogP contribution in [0.4, 0.5) is 5.69 Å². The average molecular weight is 514 g/mol. The van der Waals surface area contributed by atoms with E-state index in [2.05, 4.69) is 15.5 Å². The summed E-state index contributed by atoms with van der Waals surface area (Å²) >= 11 is 18.2. The Labute approximate surface area is 209 Å². The van der Waals surface area contributed by atoms with Crippen LogP contribution >= 0.6 is 34.8 Å². The predicted molar refractivity (Wildman–Crippen MR) is 135 cm³/mol. The zero-order valence-corrected chi connectivity index (χ0v) is 19.8. The fourth-order valence-electron chi connectivity index (χ4n) is 3.34. The van der Waals surface area contributed by atoms with E-state index in [1.807, 2.05) is 6.07 Å². The van der Waals surface area contributed by atoms with E-state index in [4.69, 9.17) is 34.8 Å². The molecule has 0 aliphatic heterocycles. The molecule has 0 spiro atoms. The molecule has 0 radical (unpaired) electrons. The smallest absolute Gasteiger partial charge is 0.267 e. The van der Waals surface area contributed by atoms with E-state index in [9.17, 15) is 14.9 Å². The number of aromatic nitrogens is 1. The predicted octanol–water partition coefficient (Wildman–Crippen LogP) is 6.92. The summed E-state index contributed by atoms with van der Waals surface area (Å²) in [5.74, 6) is -0.479. The number of para-hydroxylation sites is 1. The van der Waals surface area contributed by atoms with Crippen molar-refractivity contribution in [2.45, 2.75) is 6.92 Å². The number of rotatable bonds is 5. The third kappa shape index (κ3) is 4.87. The summed E-state index contributed by atoms with van der Waals surface area (Å²) in [6, 6.07) is 18.2. The number of nitrogens with zero attached hydrogens (tertiary/aromatic N) is 3. The number of carbonyl (C=O) groups is 1. The Hall–Kier alpha value is -3.52. The van der Waals surface area contributed by atoms with Gasteiger partial charge in [0.25, 0.3) is 11.6 Å². The summed E-state index contributed by atoms with van der Waals surface area (Å²) in [5.41, 5.74) is 5.15. The molecule has 0 fully saturated rings. The lowest BCUT2D eigenvalue weighted by Crippen LogP contribution is -2.20. The van der Waals surface area contributed by atoms with Gasteiger partial charge in [0.2, 0.25) is 0 Å². The van der Waals surface area contributed by atoms with Crippen molar-refractivity contribution in [3.8, 4) is 11.3 Å². The maximum absolute atomic E-state index is 13.1. The van der Waals surface area contributed by atoms with Crippen LogP contribution in [-0.4, -0.2) is 21.5 Å². The molecule has 3 aromatic carbocycles. The molecule has 7 nitrogen and oxygen atoms in total. The van der Waals surface area contributed by atoms with Crippen molar-refractivity contribution in [3.05, 3.63) is 103 Å². The second kappa shape index (κ2) is 9.77. The molecule has 0 saturated carbocycles. The number of hydrogen-bond acceptors (Lipinski definition) is 5. The van der Waals surface area contributed by atoms with Gasteiger partial charge in [0.05, 0.1) is 32.4 Å². The Balaban J connectivity index is 1.71. The van der Waals surface area contributed by atoms with Gasteiger partial charge in [-0.1, -0.05) is 59.1 Å². The molecule has 34 heavy (non-hydrogen) atoms. The SMILES string of the molecule is C/C(=N/NC(=O)c1cc(-c2ccc(Cl)cc2Cl)nc2ccccc12)c1ccc(Cl)c([N+](=O)[O-])c1. The molecule has 0 aliphatic rings. The maximum atomic E-state index is 13.1. The van der Waals surface area contributed by atoms with Crippen LogP contribution in [0, 0.1) is 10.1 Å². The number of hydrazone groups is 1. The van der Waals surface area contributed by atoms with Crippen molar-refractivity contribution in [3.63, 3.8) is 0 Å². The largest absolute Gasteiger partial charge is 0.288 e. The number of nitrogens with one attached hydrogen (secondary N) is 1. The van der Waals surface area contributed by atoms with Crippen LogP contribution in [0.25, 0.3) is 22.2 Å². The number of hydrogen-bond donors (Lipinski definition) is 1. The summed E-state index contributed by atoms with van der Waals surface area (Å²) in [5, 5.41) is 16.8. The monoisotopic (exact) mass is 512 g/mol. The molecule has 10 heteroatoms. The second-order valence-electron chi connectivity index (χ2n) is 7.26. The molecule has 1 heterocycles. The van der Waals surface area contributed by atoms with Crippen LogP contribution < -0.4 is 5.43 Å². The average Bonchev–Trinajstić information content (AvgIpc) is 2.81. The molecular formula is C24H15Cl3N4O3. The first-order valence-electron chi connectivity index (χ1n) is 9.89. The zero-order chi connectivity index (χ0) is 24.4. The molecule has 4 aromatic rings. The van der Waals surface area contributed by atoms with Crippen LogP contribution in [-0.2, 0) is 0 Å². The highest BCUT2D eigenvalue weighted by molar-refractivity contribution is 6.36. The van der Waals surface area contributed by atoms with Gasteiger partial charge < -0.3 is 0 Å². The van der Waals surface area contributed by atoms with Gasteiger partial charge in [-0.05, 0) is 43.3 Å². The van der Waals surface area contributed by atoms with Crippen molar-refractivity contribution in [1.29, 1.82) is 0 Å². The van der Waals surface area contributed by atoms with Gasteiger partial charge in [0.15, 0.2) is 0 Å². The standard InChI is InChI=1S/C24H15Cl3N4O3/c1-13(14-6-9-19(26)23(10-14)31(33)34)29-30-24(32)18-12-22(17-8-7-15(25)11-20(17)27)28-21-5-3-2-4-16(18)21/h2-12H,1H3,(H,30,32)/b29-13-. The zero-order valence-electron chi connectivity index (χ0n) is 17.6. The number of carbonyl (C=O) groups excluding carboxylic acids is 1. The minimum atomic E-state index is -0.579. The van der Waals surface area contributed by atoms with Gasteiger partial charge in [0, 0.05) is 27.6 Å². The number of nitro groups is 1. The van der Waals surface area contributed by atoms with E-state index >= 15 is 0 Å². The molecule has 1 amide bonds. The molecule has 0 unspecified atom stereocenters. The molecule has 1 N–H and O–H groups in total. The Morgan fingerprint density at radius 2 is 1.76 bits per heavy atom. The quantitative estimate of drug-likeness (QED) is 0.178. The number of pyridine rings is 1. The first kappa shape index (κ1) is 23.6. The van der Waals surface area contributed by atoms with Crippen LogP contribution in [0.5, 0.6) is 0 Å². The number of amides is 1. The molecule has 0 atom stereocenters. The van der Waals surface area contributed by atoms with Gasteiger partial charge in [0.1, 0.15) is 5.02 Å². The third-order valence-electron chi connectivity index (χ3n) is 5.05. The molecule has 1 aromatic heterocycles. The molecule has 0 aliphatic carbocycles. The topological polar surface area (TPSA) is 97.5 Å². The Morgan fingerprint density at radius 1 is 1.00 bits per heavy atom. The van der Waals surface area contributed by atoms with Gasteiger partial charge in [-0.3, -0.25) is 14.9 Å². The minimum absolute atomic E-state index is 0.0160. The lowest BCUT2D eigenvalue weighted by molar-refractivity contribution is -0.384. The first-order valence-corrected chi connectivity index (χ1v) is 11.0. The van der Waals surface area contributed by atoms with Gasteiger partial charge >= 0.3 is 0 Å². The molecule has 0 bridgehead atoms. The van der Waals surface area contributed by atoms with Crippen LogP contribution in [0.3, 0.4) is 0 Å². The van der Waals surface area contributed by atoms with Crippen LogP contribution in [0.2, 0.25) is 15.1 Å². The summed E-state index contributed by atoms with van der Waals surface area (Å²) in [6.45, 7) is 1.62. The fourth-order valence-corrected chi connectivity index (χ4v) is 4.03. The van der Waals surface area contributed by atoms with E-state index in [0.717, 1.165) is 0 Å². The van der Waals surface area contributed by atoms with Gasteiger partial charge in [-0.25, -0.2) is 10.4 Å². The lowest BCUT2D eigenvalue weighted by Gasteiger charge is -2.11. The number of nitro benzene ring substituents is 1. The van der Waals surface area contributed by atoms with Crippen LogP contribution in [0.1, 0.15) is 22.8 Å². The maximum Gasteiger partial charge on any atom is 0.288 e. The molecular weight excluding hydrogens is 499 g/mol. The van der Waals surface area contributed by atoms with E-state index in [1.54, 1.807) is 55.5 Å². The van der Waals surface area contributed by atoms with Crippen molar-refractivity contribution in [2.75, 3.05) is 0 Å². The second-order valence-corrected chi connectivity index (χ2v) is 8.51. The van der Waals surface area contributed by atoms with E-state index in [1.165, 1.54) is 12.1 Å². The highest BCUT2D eigenvalue weighted by Gasteiger charge is 2.17. The van der Waals surface area contributed by atoms with Crippen molar-refractivity contribution in [2.24, 2.45) is 5.10 Å². The normalized spacial score (nSPS) is 11.5. The lowest BCUT2D eigenvalue weighted by atomic mass is 10.0.